The van der Waals surface area contributed by atoms with Crippen LogP contribution in [-0.4, -0.2) is 19.4 Å². The molecule has 31 heavy (non-hydrogen) atoms. The Kier molecular flexibility index (Phi) is 5.68. The van der Waals surface area contributed by atoms with Gasteiger partial charge in [0.15, 0.2) is 9.84 Å². The molecule has 1 heterocycles. The number of esters is 1. The summed E-state index contributed by atoms with van der Waals surface area (Å²) in [6.07, 6.45) is 0. The van der Waals surface area contributed by atoms with E-state index in [1.54, 1.807) is 48.5 Å². The largest absolute Gasteiger partial charge is 0.457 e. The maximum absolute atomic E-state index is 12.6. The summed E-state index contributed by atoms with van der Waals surface area (Å²) in [5.74, 6) is -0.867. The third-order valence-electron chi connectivity index (χ3n) is 4.81. The number of hydrogen-bond donors (Lipinski definition) is 1. The fourth-order valence-electron chi connectivity index (χ4n) is 3.25. The van der Waals surface area contributed by atoms with E-state index in [0.29, 0.717) is 16.6 Å². The first-order valence-corrected chi connectivity index (χ1v) is 11.2. The van der Waals surface area contributed by atoms with Crippen molar-refractivity contribution in [3.8, 4) is 0 Å². The molecule has 1 N–H and O–H groups in total. The van der Waals surface area contributed by atoms with Crippen LogP contribution >= 0.6 is 0 Å². The van der Waals surface area contributed by atoms with Crippen molar-refractivity contribution in [2.45, 2.75) is 17.3 Å². The number of H-pyrrole nitrogens is 1. The Labute approximate surface area is 179 Å². The molecular formula is C24H19NO5S. The van der Waals surface area contributed by atoms with Crippen LogP contribution in [0.15, 0.2) is 94.6 Å². The lowest BCUT2D eigenvalue weighted by molar-refractivity contribution is 0.0471. The number of sulfone groups is 1. The Hall–Kier alpha value is -3.71. The quantitative estimate of drug-likeness (QED) is 0.466. The zero-order chi connectivity index (χ0) is 21.8. The molecule has 4 rings (SSSR count). The standard InChI is InChI=1S/C24H19NO5S/c26-23-20(14-18-8-4-5-12-22(18)25-23)15-30-24(27)19-9-6-7-17(13-19)16-31(28,29)21-10-2-1-3-11-21/h1-14H,15-16H2,(H,25,26). The molecule has 0 radical (unpaired) electrons. The Morgan fingerprint density at radius 1 is 0.871 bits per heavy atom. The summed E-state index contributed by atoms with van der Waals surface area (Å²) in [6, 6.07) is 23.4. The van der Waals surface area contributed by atoms with Crippen molar-refractivity contribution in [1.82, 2.24) is 4.98 Å². The van der Waals surface area contributed by atoms with Gasteiger partial charge in [-0.2, -0.15) is 0 Å². The second kappa shape index (κ2) is 8.57. The van der Waals surface area contributed by atoms with E-state index < -0.39 is 15.8 Å². The summed E-state index contributed by atoms with van der Waals surface area (Å²) in [5.41, 5.74) is 1.40. The number of benzene rings is 3. The summed E-state index contributed by atoms with van der Waals surface area (Å²) in [7, 11) is -3.54. The number of fused-ring (bicyclic) bond motifs is 1. The van der Waals surface area contributed by atoms with E-state index in [1.807, 2.05) is 18.2 Å². The Bertz CT molecular complexity index is 1410. The van der Waals surface area contributed by atoms with Crippen LogP contribution in [-0.2, 0) is 26.9 Å². The number of aromatic nitrogens is 1. The van der Waals surface area contributed by atoms with Gasteiger partial charge in [-0.3, -0.25) is 4.79 Å². The smallest absolute Gasteiger partial charge is 0.338 e. The zero-order valence-corrected chi connectivity index (χ0v) is 17.3. The summed E-state index contributed by atoms with van der Waals surface area (Å²) >= 11 is 0. The van der Waals surface area contributed by atoms with Crippen LogP contribution in [0.2, 0.25) is 0 Å². The van der Waals surface area contributed by atoms with Crippen LogP contribution in [0.3, 0.4) is 0 Å². The van der Waals surface area contributed by atoms with Crippen molar-refractivity contribution in [3.63, 3.8) is 0 Å². The first kappa shape index (κ1) is 20.6. The SMILES string of the molecule is O=C(OCc1cc2ccccc2[nH]c1=O)c1cccc(CS(=O)(=O)c2ccccc2)c1. The van der Waals surface area contributed by atoms with Crippen LogP contribution in [0.5, 0.6) is 0 Å². The Morgan fingerprint density at radius 3 is 2.42 bits per heavy atom. The van der Waals surface area contributed by atoms with Crippen LogP contribution in [0.1, 0.15) is 21.5 Å². The van der Waals surface area contributed by atoms with Gasteiger partial charge in [-0.15, -0.1) is 0 Å². The second-order valence-electron chi connectivity index (χ2n) is 7.06. The number of pyridine rings is 1. The van der Waals surface area contributed by atoms with Gasteiger partial charge in [0.2, 0.25) is 0 Å². The molecule has 0 aliphatic heterocycles. The molecule has 0 unspecified atom stereocenters. The Balaban J connectivity index is 1.49. The van der Waals surface area contributed by atoms with Gasteiger partial charge in [0.1, 0.15) is 6.61 Å². The normalized spacial score (nSPS) is 11.4. The number of ether oxygens (including phenoxy) is 1. The van der Waals surface area contributed by atoms with Gasteiger partial charge >= 0.3 is 5.97 Å². The van der Waals surface area contributed by atoms with Crippen molar-refractivity contribution in [3.05, 3.63) is 112 Å². The van der Waals surface area contributed by atoms with Crippen LogP contribution < -0.4 is 5.56 Å². The van der Waals surface area contributed by atoms with E-state index in [0.717, 1.165) is 5.39 Å². The molecule has 0 amide bonds. The number of para-hydroxylation sites is 1. The highest BCUT2D eigenvalue weighted by Crippen LogP contribution is 2.18. The van der Waals surface area contributed by atoms with Gasteiger partial charge in [-0.05, 0) is 47.3 Å². The van der Waals surface area contributed by atoms with Gasteiger partial charge in [-0.1, -0.05) is 48.5 Å². The summed E-state index contributed by atoms with van der Waals surface area (Å²) in [6.45, 7) is -0.189. The zero-order valence-electron chi connectivity index (χ0n) is 16.4. The highest BCUT2D eigenvalue weighted by atomic mass is 32.2. The average Bonchev–Trinajstić information content (AvgIpc) is 2.78. The van der Waals surface area contributed by atoms with Gasteiger partial charge in [0.05, 0.1) is 21.8 Å². The van der Waals surface area contributed by atoms with Gasteiger partial charge in [0.25, 0.3) is 5.56 Å². The third-order valence-corrected chi connectivity index (χ3v) is 6.51. The number of carbonyl (C=O) groups excluding carboxylic acids is 1. The first-order chi connectivity index (χ1) is 14.9. The summed E-state index contributed by atoms with van der Waals surface area (Å²) in [4.78, 5) is 27.7. The maximum Gasteiger partial charge on any atom is 0.338 e. The average molecular weight is 433 g/mol. The lowest BCUT2D eigenvalue weighted by Crippen LogP contribution is -2.15. The summed E-state index contributed by atoms with van der Waals surface area (Å²) < 4.78 is 30.5. The Morgan fingerprint density at radius 2 is 1.61 bits per heavy atom. The van der Waals surface area contributed by atoms with Gasteiger partial charge in [-0.25, -0.2) is 13.2 Å². The summed E-state index contributed by atoms with van der Waals surface area (Å²) in [5, 5.41) is 0.835. The van der Waals surface area contributed by atoms with Crippen LogP contribution in [0.4, 0.5) is 0 Å². The van der Waals surface area contributed by atoms with Crippen molar-refractivity contribution in [2.24, 2.45) is 0 Å². The van der Waals surface area contributed by atoms with Gasteiger partial charge < -0.3 is 9.72 Å². The maximum atomic E-state index is 12.6. The van der Waals surface area contributed by atoms with Crippen LogP contribution in [0.25, 0.3) is 10.9 Å². The molecule has 7 heteroatoms. The van der Waals surface area contributed by atoms with E-state index in [4.69, 9.17) is 4.74 Å². The molecular weight excluding hydrogens is 414 g/mol. The van der Waals surface area contributed by atoms with E-state index in [2.05, 4.69) is 4.98 Å². The molecule has 0 spiro atoms. The molecule has 0 saturated heterocycles. The van der Waals surface area contributed by atoms with Gasteiger partial charge in [0, 0.05) is 5.52 Å². The van der Waals surface area contributed by atoms with E-state index in [-0.39, 0.29) is 28.4 Å². The first-order valence-electron chi connectivity index (χ1n) is 9.57. The minimum Gasteiger partial charge on any atom is -0.457 e. The number of nitrogens with one attached hydrogen (secondary N) is 1. The molecule has 0 aliphatic rings. The minimum atomic E-state index is -3.54. The molecule has 4 aromatic rings. The second-order valence-corrected chi connectivity index (χ2v) is 9.05. The fourth-order valence-corrected chi connectivity index (χ4v) is 4.60. The topological polar surface area (TPSA) is 93.3 Å². The number of rotatable bonds is 6. The molecule has 0 saturated carbocycles. The molecule has 3 aromatic carbocycles. The van der Waals surface area contributed by atoms with Crippen molar-refractivity contribution < 1.29 is 17.9 Å². The highest BCUT2D eigenvalue weighted by Gasteiger charge is 2.17. The predicted octanol–water partition coefficient (Wildman–Crippen LogP) is 3.86. The van der Waals surface area contributed by atoms with Crippen LogP contribution in [0, 0.1) is 0 Å². The van der Waals surface area contributed by atoms with E-state index >= 15 is 0 Å². The predicted molar refractivity (Wildman–Crippen MR) is 117 cm³/mol. The molecule has 0 bridgehead atoms. The molecule has 6 nitrogen and oxygen atoms in total. The number of aromatic amines is 1. The fraction of sp³-hybridized carbons (Fsp3) is 0.0833. The third kappa shape index (κ3) is 4.73. The lowest BCUT2D eigenvalue weighted by atomic mass is 10.1. The molecule has 0 fully saturated rings. The number of hydrogen-bond acceptors (Lipinski definition) is 5. The highest BCUT2D eigenvalue weighted by molar-refractivity contribution is 7.90. The van der Waals surface area contributed by atoms with Crippen molar-refractivity contribution >= 4 is 26.7 Å². The minimum absolute atomic E-state index is 0.189. The lowest BCUT2D eigenvalue weighted by Gasteiger charge is -2.08. The molecule has 156 valence electrons. The molecule has 0 atom stereocenters. The molecule has 1 aromatic heterocycles. The van der Waals surface area contributed by atoms with E-state index in [1.165, 1.54) is 18.2 Å². The number of carbonyl (C=O) groups is 1. The van der Waals surface area contributed by atoms with Crippen molar-refractivity contribution in [1.29, 1.82) is 0 Å². The van der Waals surface area contributed by atoms with E-state index in [9.17, 15) is 18.0 Å². The van der Waals surface area contributed by atoms with Crippen molar-refractivity contribution in [2.75, 3.05) is 0 Å². The monoisotopic (exact) mass is 433 g/mol. The molecule has 0 aliphatic carbocycles.